The summed E-state index contributed by atoms with van der Waals surface area (Å²) in [6, 6.07) is 3.44. The Hall–Kier alpha value is -1.12. The van der Waals surface area contributed by atoms with E-state index in [-0.39, 0.29) is 11.7 Å². The standard InChI is InChI=1S/C30H48F2O/c1-4-6-7-8-9-21-33-28-20-19-27(29(31)30(28)32)26-17-15-25(16-18-26)22(3)24-13-11-23(10-5-2)12-14-24/h19-20,22-26H,4-18,21H2,1-3H3/t22?,23?,24?,25-,26-. The Morgan fingerprint density at radius 1 is 0.788 bits per heavy atom. The summed E-state index contributed by atoms with van der Waals surface area (Å²) in [6.07, 6.45) is 18.2. The van der Waals surface area contributed by atoms with E-state index in [0.717, 1.165) is 62.2 Å². The van der Waals surface area contributed by atoms with Crippen LogP contribution in [0, 0.1) is 35.3 Å². The molecule has 0 heterocycles. The average Bonchev–Trinajstić information content (AvgIpc) is 2.84. The number of hydrogen-bond acceptors (Lipinski definition) is 1. The van der Waals surface area contributed by atoms with Gasteiger partial charge in [-0.1, -0.05) is 78.2 Å². The smallest absolute Gasteiger partial charge is 0.200 e. The second-order valence-electron chi connectivity index (χ2n) is 11.1. The maximum Gasteiger partial charge on any atom is 0.200 e. The van der Waals surface area contributed by atoms with E-state index in [4.69, 9.17) is 4.74 Å². The third kappa shape index (κ3) is 7.43. The molecule has 1 aromatic carbocycles. The zero-order valence-corrected chi connectivity index (χ0v) is 21.5. The highest BCUT2D eigenvalue weighted by atomic mass is 19.2. The third-order valence-electron chi connectivity index (χ3n) is 8.87. The zero-order chi connectivity index (χ0) is 23.6. The Kier molecular flexibility index (Phi) is 11.0. The first-order valence-corrected chi connectivity index (χ1v) is 14.2. The number of unbranched alkanes of at least 4 members (excludes halogenated alkanes) is 4. The summed E-state index contributed by atoms with van der Waals surface area (Å²) < 4.78 is 35.2. The summed E-state index contributed by atoms with van der Waals surface area (Å²) in [5.74, 6) is 2.09. The molecule has 0 bridgehead atoms. The molecule has 0 amide bonds. The van der Waals surface area contributed by atoms with E-state index in [1.54, 1.807) is 12.1 Å². The molecule has 188 valence electrons. The van der Waals surface area contributed by atoms with Gasteiger partial charge in [0, 0.05) is 0 Å². The van der Waals surface area contributed by atoms with Crippen molar-refractivity contribution in [3.8, 4) is 5.75 Å². The molecule has 1 unspecified atom stereocenters. The zero-order valence-electron chi connectivity index (χ0n) is 21.5. The van der Waals surface area contributed by atoms with Crippen LogP contribution in [0.3, 0.4) is 0 Å². The van der Waals surface area contributed by atoms with E-state index in [1.807, 2.05) is 0 Å². The number of hydrogen-bond donors (Lipinski definition) is 0. The highest BCUT2D eigenvalue weighted by Gasteiger charge is 2.33. The van der Waals surface area contributed by atoms with Gasteiger partial charge < -0.3 is 4.74 Å². The fraction of sp³-hybridized carbons (Fsp3) is 0.800. The predicted molar refractivity (Wildman–Crippen MR) is 135 cm³/mol. The van der Waals surface area contributed by atoms with Crippen molar-refractivity contribution in [1.29, 1.82) is 0 Å². The average molecular weight is 463 g/mol. The van der Waals surface area contributed by atoms with Crippen molar-refractivity contribution in [3.63, 3.8) is 0 Å². The molecule has 3 rings (SSSR count). The molecule has 2 aliphatic carbocycles. The summed E-state index contributed by atoms with van der Waals surface area (Å²) in [4.78, 5) is 0. The first-order chi connectivity index (χ1) is 16.0. The molecule has 33 heavy (non-hydrogen) atoms. The van der Waals surface area contributed by atoms with Crippen LogP contribution in [0.5, 0.6) is 5.75 Å². The summed E-state index contributed by atoms with van der Waals surface area (Å²) in [5, 5.41) is 0. The highest BCUT2D eigenvalue weighted by molar-refractivity contribution is 5.33. The van der Waals surface area contributed by atoms with Crippen molar-refractivity contribution in [2.45, 2.75) is 123 Å². The molecule has 0 saturated heterocycles. The van der Waals surface area contributed by atoms with Crippen LogP contribution < -0.4 is 4.74 Å². The molecule has 0 N–H and O–H groups in total. The van der Waals surface area contributed by atoms with E-state index in [9.17, 15) is 8.78 Å². The largest absolute Gasteiger partial charge is 0.490 e. The van der Waals surface area contributed by atoms with Crippen molar-refractivity contribution >= 4 is 0 Å². The molecule has 0 spiro atoms. The van der Waals surface area contributed by atoms with Crippen molar-refractivity contribution in [2.75, 3.05) is 6.61 Å². The molecule has 2 saturated carbocycles. The SMILES string of the molecule is CCCCCCCOc1ccc([C@H]2CC[C@H](C(C)C3CCC(CCC)CC3)CC2)c(F)c1F. The van der Waals surface area contributed by atoms with Crippen LogP contribution in [0.25, 0.3) is 0 Å². The number of rotatable bonds is 12. The first kappa shape index (κ1) is 26.5. The van der Waals surface area contributed by atoms with Gasteiger partial charge in [-0.2, -0.15) is 4.39 Å². The van der Waals surface area contributed by atoms with Crippen LogP contribution in [0.15, 0.2) is 12.1 Å². The molecule has 1 nitrogen and oxygen atoms in total. The van der Waals surface area contributed by atoms with Gasteiger partial charge >= 0.3 is 0 Å². The molecule has 0 aliphatic heterocycles. The third-order valence-corrected chi connectivity index (χ3v) is 8.87. The molecule has 3 heteroatoms. The minimum absolute atomic E-state index is 0.0766. The molecular formula is C30H48F2O. The van der Waals surface area contributed by atoms with Gasteiger partial charge in [-0.3, -0.25) is 0 Å². The predicted octanol–water partition coefficient (Wildman–Crippen LogP) is 9.83. The summed E-state index contributed by atoms with van der Waals surface area (Å²) >= 11 is 0. The minimum atomic E-state index is -0.791. The number of benzene rings is 1. The Balaban J connectivity index is 1.46. The molecule has 2 fully saturated rings. The molecule has 1 atom stereocenters. The van der Waals surface area contributed by atoms with E-state index in [2.05, 4.69) is 20.8 Å². The van der Waals surface area contributed by atoms with Gasteiger partial charge in [0.2, 0.25) is 5.82 Å². The number of ether oxygens (including phenoxy) is 1. The van der Waals surface area contributed by atoms with Crippen molar-refractivity contribution < 1.29 is 13.5 Å². The van der Waals surface area contributed by atoms with Gasteiger partial charge in [0.05, 0.1) is 6.61 Å². The lowest BCUT2D eigenvalue weighted by Crippen LogP contribution is -2.28. The molecule has 0 aromatic heterocycles. The fourth-order valence-electron chi connectivity index (χ4n) is 6.61. The van der Waals surface area contributed by atoms with Crippen LogP contribution in [0.4, 0.5) is 8.78 Å². The minimum Gasteiger partial charge on any atom is -0.490 e. The molecular weight excluding hydrogens is 414 g/mol. The molecule has 0 radical (unpaired) electrons. The summed E-state index contributed by atoms with van der Waals surface area (Å²) in [7, 11) is 0. The van der Waals surface area contributed by atoms with Crippen molar-refractivity contribution in [1.82, 2.24) is 0 Å². The second kappa shape index (κ2) is 13.7. The van der Waals surface area contributed by atoms with Gasteiger partial charge in [-0.25, -0.2) is 4.39 Å². The maximum atomic E-state index is 14.9. The summed E-state index contributed by atoms with van der Waals surface area (Å²) in [5.41, 5.74) is 0.564. The van der Waals surface area contributed by atoms with Gasteiger partial charge in [-0.05, 0) is 86.2 Å². The fourth-order valence-corrected chi connectivity index (χ4v) is 6.61. The van der Waals surface area contributed by atoms with Gasteiger partial charge in [0.15, 0.2) is 11.6 Å². The Labute approximate surface area is 202 Å². The quantitative estimate of drug-likeness (QED) is 0.281. The first-order valence-electron chi connectivity index (χ1n) is 14.2. The highest BCUT2D eigenvalue weighted by Crippen LogP contribution is 2.45. The van der Waals surface area contributed by atoms with E-state index >= 15 is 0 Å². The summed E-state index contributed by atoms with van der Waals surface area (Å²) in [6.45, 7) is 7.41. The van der Waals surface area contributed by atoms with E-state index < -0.39 is 11.6 Å². The Morgan fingerprint density at radius 3 is 2.06 bits per heavy atom. The lowest BCUT2D eigenvalue weighted by Gasteiger charge is -2.39. The van der Waals surface area contributed by atoms with Gasteiger partial charge in [-0.15, -0.1) is 0 Å². The Morgan fingerprint density at radius 2 is 1.42 bits per heavy atom. The lowest BCUT2D eigenvalue weighted by molar-refractivity contribution is 0.131. The molecule has 2 aliphatic rings. The van der Waals surface area contributed by atoms with Crippen molar-refractivity contribution in [2.24, 2.45) is 23.7 Å². The number of halogens is 2. The molecule has 1 aromatic rings. The lowest BCUT2D eigenvalue weighted by atomic mass is 9.66. The Bertz CT molecular complexity index is 687. The van der Waals surface area contributed by atoms with Crippen LogP contribution >= 0.6 is 0 Å². The van der Waals surface area contributed by atoms with Crippen LogP contribution in [0.1, 0.15) is 129 Å². The van der Waals surface area contributed by atoms with E-state index in [0.29, 0.717) is 12.2 Å². The van der Waals surface area contributed by atoms with Gasteiger partial charge in [0.25, 0.3) is 0 Å². The van der Waals surface area contributed by atoms with E-state index in [1.165, 1.54) is 57.8 Å². The maximum absolute atomic E-state index is 14.9. The normalized spacial score (nSPS) is 26.8. The monoisotopic (exact) mass is 462 g/mol. The van der Waals surface area contributed by atoms with Crippen LogP contribution in [-0.4, -0.2) is 6.61 Å². The second-order valence-corrected chi connectivity index (χ2v) is 11.1. The topological polar surface area (TPSA) is 9.23 Å². The van der Waals surface area contributed by atoms with Gasteiger partial charge in [0.1, 0.15) is 0 Å². The van der Waals surface area contributed by atoms with Crippen LogP contribution in [0.2, 0.25) is 0 Å². The van der Waals surface area contributed by atoms with Crippen LogP contribution in [-0.2, 0) is 0 Å². The van der Waals surface area contributed by atoms with Crippen molar-refractivity contribution in [3.05, 3.63) is 29.3 Å².